The van der Waals surface area contributed by atoms with Crippen LogP contribution in [0.4, 0.5) is 5.69 Å². The number of hydroxylamine groups is 2. The van der Waals surface area contributed by atoms with Gasteiger partial charge >= 0.3 is 5.97 Å². The third-order valence-corrected chi connectivity index (χ3v) is 4.28. The Hall–Kier alpha value is -3.68. The number of hydrogen-bond acceptors (Lipinski definition) is 6. The average Bonchev–Trinajstić information content (AvgIpc) is 2.91. The molecule has 0 saturated heterocycles. The Balaban J connectivity index is 1.38. The van der Waals surface area contributed by atoms with Crippen molar-refractivity contribution < 1.29 is 28.8 Å². The van der Waals surface area contributed by atoms with E-state index in [9.17, 15) is 19.2 Å². The molecule has 2 heterocycles. The van der Waals surface area contributed by atoms with Crippen molar-refractivity contribution in [1.82, 2.24) is 5.06 Å². The van der Waals surface area contributed by atoms with Gasteiger partial charge in [0, 0.05) is 12.1 Å². The Kier molecular flexibility index (Phi) is 4.08. The van der Waals surface area contributed by atoms with E-state index >= 15 is 0 Å². The van der Waals surface area contributed by atoms with Crippen molar-refractivity contribution >= 4 is 29.4 Å². The highest BCUT2D eigenvalue weighted by Crippen LogP contribution is 2.27. The maximum atomic E-state index is 12.2. The van der Waals surface area contributed by atoms with Gasteiger partial charge in [-0.3, -0.25) is 14.4 Å². The number of imide groups is 1. The molecule has 0 saturated carbocycles. The Morgan fingerprint density at radius 2 is 1.70 bits per heavy atom. The summed E-state index contributed by atoms with van der Waals surface area (Å²) in [4.78, 5) is 52.6. The second kappa shape index (κ2) is 6.56. The van der Waals surface area contributed by atoms with Gasteiger partial charge in [-0.15, -0.1) is 0 Å². The first-order valence-corrected chi connectivity index (χ1v) is 8.27. The number of carbonyl (C=O) groups excluding carboxylic acids is 4. The van der Waals surface area contributed by atoms with E-state index in [0.29, 0.717) is 29.3 Å². The number of aryl methyl sites for hydroxylation is 1. The van der Waals surface area contributed by atoms with E-state index in [2.05, 4.69) is 5.32 Å². The molecule has 2 aromatic rings. The molecule has 2 aliphatic rings. The molecule has 0 unspecified atom stereocenters. The molecule has 27 heavy (non-hydrogen) atoms. The summed E-state index contributed by atoms with van der Waals surface area (Å²) in [6.45, 7) is -0.474. The van der Waals surface area contributed by atoms with Gasteiger partial charge in [0.15, 0.2) is 6.61 Å². The fourth-order valence-electron chi connectivity index (χ4n) is 2.97. The number of nitrogens with one attached hydrogen (secondary N) is 1. The van der Waals surface area contributed by atoms with Crippen LogP contribution in [0.15, 0.2) is 42.5 Å². The van der Waals surface area contributed by atoms with Crippen LogP contribution in [0, 0.1) is 0 Å². The quantitative estimate of drug-likeness (QED) is 0.827. The van der Waals surface area contributed by atoms with Crippen molar-refractivity contribution in [3.05, 3.63) is 59.2 Å². The summed E-state index contributed by atoms with van der Waals surface area (Å²) in [5, 5.41) is 3.19. The van der Waals surface area contributed by atoms with Crippen LogP contribution in [0.2, 0.25) is 0 Å². The number of benzene rings is 2. The van der Waals surface area contributed by atoms with Gasteiger partial charge in [-0.25, -0.2) is 4.79 Å². The predicted octanol–water partition coefficient (Wildman–Crippen LogP) is 1.70. The molecule has 0 atom stereocenters. The smallest absolute Gasteiger partial charge is 0.370 e. The topological polar surface area (TPSA) is 102 Å². The van der Waals surface area contributed by atoms with Crippen LogP contribution in [0.25, 0.3) is 0 Å². The lowest BCUT2D eigenvalue weighted by atomic mass is 10.0. The molecule has 8 heteroatoms. The van der Waals surface area contributed by atoms with Gasteiger partial charge in [-0.1, -0.05) is 17.2 Å². The van der Waals surface area contributed by atoms with Crippen LogP contribution in [-0.2, 0) is 20.8 Å². The van der Waals surface area contributed by atoms with Crippen LogP contribution in [0.5, 0.6) is 5.75 Å². The molecule has 3 amide bonds. The van der Waals surface area contributed by atoms with Gasteiger partial charge in [0.25, 0.3) is 11.8 Å². The second-order valence-electron chi connectivity index (χ2n) is 6.07. The molecule has 2 aromatic carbocycles. The van der Waals surface area contributed by atoms with Gasteiger partial charge in [0.05, 0.1) is 11.1 Å². The number of nitrogens with zero attached hydrogens (tertiary/aromatic N) is 1. The zero-order valence-electron chi connectivity index (χ0n) is 14.1. The van der Waals surface area contributed by atoms with Crippen molar-refractivity contribution in [2.45, 2.75) is 12.8 Å². The summed E-state index contributed by atoms with van der Waals surface area (Å²) in [7, 11) is 0. The highest BCUT2D eigenvalue weighted by atomic mass is 16.7. The number of anilines is 1. The summed E-state index contributed by atoms with van der Waals surface area (Å²) in [6.07, 6.45) is 0.968. The fourth-order valence-corrected chi connectivity index (χ4v) is 2.97. The fraction of sp³-hybridized carbons (Fsp3) is 0.158. The summed E-state index contributed by atoms with van der Waals surface area (Å²) in [5.41, 5.74) is 1.99. The Bertz CT molecular complexity index is 949. The number of amides is 3. The van der Waals surface area contributed by atoms with Crippen LogP contribution < -0.4 is 10.1 Å². The summed E-state index contributed by atoms with van der Waals surface area (Å²) >= 11 is 0. The zero-order valence-corrected chi connectivity index (χ0v) is 14.1. The molecule has 1 N–H and O–H groups in total. The molecule has 136 valence electrons. The summed E-state index contributed by atoms with van der Waals surface area (Å²) in [5.74, 6) is -1.87. The number of hydrogen-bond donors (Lipinski definition) is 1. The normalized spacial score (nSPS) is 15.1. The number of ether oxygens (including phenoxy) is 1. The third-order valence-electron chi connectivity index (χ3n) is 4.28. The highest BCUT2D eigenvalue weighted by molar-refractivity contribution is 6.20. The molecule has 2 aliphatic heterocycles. The monoisotopic (exact) mass is 366 g/mol. The van der Waals surface area contributed by atoms with E-state index in [1.807, 2.05) is 0 Å². The van der Waals surface area contributed by atoms with E-state index in [4.69, 9.17) is 9.57 Å². The summed E-state index contributed by atoms with van der Waals surface area (Å²) in [6, 6.07) is 11.3. The highest BCUT2D eigenvalue weighted by Gasteiger charge is 2.38. The Labute approximate surface area is 153 Å². The SMILES string of the molecule is O=C1CCc2cc(OCC(=O)ON3C(=O)c4ccccc4C3=O)ccc2N1. The van der Waals surface area contributed by atoms with Crippen LogP contribution in [0.3, 0.4) is 0 Å². The van der Waals surface area contributed by atoms with Gasteiger partial charge in [-0.2, -0.15) is 0 Å². The van der Waals surface area contributed by atoms with Crippen molar-refractivity contribution in [3.63, 3.8) is 0 Å². The molecule has 8 nitrogen and oxygen atoms in total. The maximum absolute atomic E-state index is 12.2. The molecule has 0 spiro atoms. The maximum Gasteiger partial charge on any atom is 0.370 e. The molecule has 0 aromatic heterocycles. The minimum absolute atomic E-state index is 0.0410. The first-order chi connectivity index (χ1) is 13.0. The van der Waals surface area contributed by atoms with Crippen molar-refractivity contribution in [2.24, 2.45) is 0 Å². The van der Waals surface area contributed by atoms with Gasteiger partial charge in [0.2, 0.25) is 5.91 Å². The zero-order chi connectivity index (χ0) is 19.0. The number of fused-ring (bicyclic) bond motifs is 2. The van der Waals surface area contributed by atoms with Crippen LogP contribution >= 0.6 is 0 Å². The van der Waals surface area contributed by atoms with E-state index in [-0.39, 0.29) is 17.0 Å². The van der Waals surface area contributed by atoms with E-state index in [1.54, 1.807) is 30.3 Å². The lowest BCUT2D eigenvalue weighted by Gasteiger charge is -2.18. The minimum atomic E-state index is -0.879. The van der Waals surface area contributed by atoms with E-state index < -0.39 is 24.4 Å². The lowest BCUT2D eigenvalue weighted by Crippen LogP contribution is -2.34. The molecule has 0 radical (unpaired) electrons. The Morgan fingerprint density at radius 1 is 1.00 bits per heavy atom. The molecule has 4 rings (SSSR count). The standard InChI is InChI=1S/C19H14N2O6/c22-16-8-5-11-9-12(6-7-15(11)20-16)26-10-17(23)27-21-18(24)13-3-1-2-4-14(13)19(21)25/h1-4,6-7,9H,5,8,10H2,(H,20,22). The number of rotatable bonds is 4. The number of carbonyl (C=O) groups is 4. The second-order valence-corrected chi connectivity index (χ2v) is 6.07. The first-order valence-electron chi connectivity index (χ1n) is 8.27. The molecular weight excluding hydrogens is 352 g/mol. The van der Waals surface area contributed by atoms with Crippen LogP contribution in [-0.4, -0.2) is 35.4 Å². The minimum Gasteiger partial charge on any atom is -0.482 e. The van der Waals surface area contributed by atoms with Crippen molar-refractivity contribution in [2.75, 3.05) is 11.9 Å². The van der Waals surface area contributed by atoms with Crippen molar-refractivity contribution in [3.8, 4) is 5.75 Å². The van der Waals surface area contributed by atoms with Gasteiger partial charge in [-0.05, 0) is 42.3 Å². The summed E-state index contributed by atoms with van der Waals surface area (Å²) < 4.78 is 5.38. The molecular formula is C19H14N2O6. The Morgan fingerprint density at radius 3 is 2.41 bits per heavy atom. The first kappa shape index (κ1) is 16.8. The van der Waals surface area contributed by atoms with Crippen molar-refractivity contribution in [1.29, 1.82) is 0 Å². The predicted molar refractivity (Wildman–Crippen MR) is 91.9 cm³/mol. The largest absolute Gasteiger partial charge is 0.482 e. The average molecular weight is 366 g/mol. The molecule has 0 aliphatic carbocycles. The van der Waals surface area contributed by atoms with Gasteiger partial charge < -0.3 is 14.9 Å². The van der Waals surface area contributed by atoms with E-state index in [1.165, 1.54) is 12.1 Å². The van der Waals surface area contributed by atoms with Gasteiger partial charge in [0.1, 0.15) is 5.75 Å². The lowest BCUT2D eigenvalue weighted by molar-refractivity contribution is -0.170. The van der Waals surface area contributed by atoms with E-state index in [0.717, 1.165) is 5.56 Å². The molecule has 0 fully saturated rings. The van der Waals surface area contributed by atoms with Crippen LogP contribution in [0.1, 0.15) is 32.7 Å². The third kappa shape index (κ3) is 3.12. The molecule has 0 bridgehead atoms.